The van der Waals surface area contributed by atoms with E-state index < -0.39 is 34.0 Å². The van der Waals surface area contributed by atoms with Crippen molar-refractivity contribution in [2.75, 3.05) is 12.8 Å². The molecule has 0 aliphatic carbocycles. The first-order chi connectivity index (χ1) is 8.77. The third-order valence-electron chi connectivity index (χ3n) is 3.12. The van der Waals surface area contributed by atoms with Crippen molar-refractivity contribution in [2.45, 2.75) is 44.7 Å². The number of amides is 1. The van der Waals surface area contributed by atoms with Gasteiger partial charge in [0, 0.05) is 6.54 Å². The summed E-state index contributed by atoms with van der Waals surface area (Å²) >= 11 is 0. The Labute approximate surface area is 113 Å². The van der Waals surface area contributed by atoms with E-state index in [1.54, 1.807) is 0 Å². The van der Waals surface area contributed by atoms with E-state index in [0.29, 0.717) is 32.2 Å². The average Bonchev–Trinajstić information content (AvgIpc) is 2.76. The average molecular weight is 292 g/mol. The fourth-order valence-corrected chi connectivity index (χ4v) is 3.34. The molecule has 1 amide bonds. The predicted octanol–water partition coefficient (Wildman–Crippen LogP) is -0.220. The van der Waals surface area contributed by atoms with Crippen molar-refractivity contribution in [1.82, 2.24) is 9.62 Å². The maximum Gasteiger partial charge on any atom is 0.326 e. The second-order valence-electron chi connectivity index (χ2n) is 4.72. The second kappa shape index (κ2) is 6.33. The van der Waals surface area contributed by atoms with E-state index in [9.17, 15) is 18.0 Å². The fourth-order valence-electron chi connectivity index (χ4n) is 2.21. The van der Waals surface area contributed by atoms with Gasteiger partial charge >= 0.3 is 5.97 Å². The molecule has 0 aromatic carbocycles. The Hall–Kier alpha value is -1.15. The number of nitrogens with one attached hydrogen (secondary N) is 1. The van der Waals surface area contributed by atoms with Crippen LogP contribution in [0.5, 0.6) is 0 Å². The minimum Gasteiger partial charge on any atom is -0.480 e. The van der Waals surface area contributed by atoms with Crippen molar-refractivity contribution < 1.29 is 23.1 Å². The molecule has 7 nitrogen and oxygen atoms in total. The molecule has 1 aliphatic rings. The summed E-state index contributed by atoms with van der Waals surface area (Å²) in [4.78, 5) is 23.0. The van der Waals surface area contributed by atoms with Crippen molar-refractivity contribution in [3.63, 3.8) is 0 Å². The molecule has 0 aromatic rings. The lowest BCUT2D eigenvalue weighted by atomic mass is 10.1. The molecule has 1 unspecified atom stereocenters. The summed E-state index contributed by atoms with van der Waals surface area (Å²) in [7, 11) is -3.44. The van der Waals surface area contributed by atoms with E-state index in [1.165, 1.54) is 0 Å². The first-order valence-corrected chi connectivity index (χ1v) is 8.12. The molecular formula is C11H20N2O5S. The SMILES string of the molecule is CCC[C@H](NC(=O)C1CCCN1S(C)(=O)=O)C(=O)O. The number of carbonyl (C=O) groups excluding carboxylic acids is 1. The van der Waals surface area contributed by atoms with E-state index in [1.807, 2.05) is 6.92 Å². The van der Waals surface area contributed by atoms with E-state index in [-0.39, 0.29) is 0 Å². The molecule has 0 aromatic heterocycles. The van der Waals surface area contributed by atoms with Gasteiger partial charge in [0.15, 0.2) is 0 Å². The summed E-state index contributed by atoms with van der Waals surface area (Å²) in [6.45, 7) is 2.13. The number of carboxylic acid groups (broad SMARTS) is 1. The van der Waals surface area contributed by atoms with E-state index >= 15 is 0 Å². The number of sulfonamides is 1. The maximum atomic E-state index is 12.0. The normalized spacial score (nSPS) is 22.1. The van der Waals surface area contributed by atoms with Gasteiger partial charge in [0.25, 0.3) is 0 Å². The number of hydrogen-bond donors (Lipinski definition) is 2. The van der Waals surface area contributed by atoms with E-state index in [2.05, 4.69) is 5.32 Å². The van der Waals surface area contributed by atoms with Gasteiger partial charge in [-0.1, -0.05) is 13.3 Å². The molecule has 1 saturated heterocycles. The third-order valence-corrected chi connectivity index (χ3v) is 4.41. The molecule has 1 fully saturated rings. The standard InChI is InChI=1S/C11H20N2O5S/c1-3-5-8(11(15)16)12-10(14)9-6-4-7-13(9)19(2,17)18/h8-9H,3-7H2,1-2H3,(H,12,14)(H,15,16)/t8-,9?/m0/s1. The lowest BCUT2D eigenvalue weighted by Crippen LogP contribution is -2.50. The van der Waals surface area contributed by atoms with Crippen LogP contribution in [0.15, 0.2) is 0 Å². The predicted molar refractivity (Wildman–Crippen MR) is 69.0 cm³/mol. The zero-order chi connectivity index (χ0) is 14.6. The highest BCUT2D eigenvalue weighted by atomic mass is 32.2. The van der Waals surface area contributed by atoms with Gasteiger partial charge in [-0.2, -0.15) is 4.31 Å². The van der Waals surface area contributed by atoms with Gasteiger partial charge in [-0.3, -0.25) is 4.79 Å². The van der Waals surface area contributed by atoms with Gasteiger partial charge in [0.1, 0.15) is 12.1 Å². The first-order valence-electron chi connectivity index (χ1n) is 6.27. The summed E-state index contributed by atoms with van der Waals surface area (Å²) in [5.74, 6) is -1.62. The van der Waals surface area contributed by atoms with Crippen molar-refractivity contribution in [2.24, 2.45) is 0 Å². The monoisotopic (exact) mass is 292 g/mol. The molecule has 0 saturated carbocycles. The number of aliphatic carboxylic acids is 1. The van der Waals surface area contributed by atoms with Crippen LogP contribution >= 0.6 is 0 Å². The molecule has 0 bridgehead atoms. The summed E-state index contributed by atoms with van der Waals surface area (Å²) in [6, 6.07) is -1.74. The maximum absolute atomic E-state index is 12.0. The van der Waals surface area contributed by atoms with Crippen LogP contribution in [0.1, 0.15) is 32.6 Å². The first kappa shape index (κ1) is 15.9. The summed E-state index contributed by atoms with van der Waals surface area (Å²) in [5, 5.41) is 11.4. The molecule has 1 rings (SSSR count). The van der Waals surface area contributed by atoms with Crippen LogP contribution in [0.2, 0.25) is 0 Å². The smallest absolute Gasteiger partial charge is 0.326 e. The van der Waals surface area contributed by atoms with Crippen molar-refractivity contribution in [3.05, 3.63) is 0 Å². The summed E-state index contributed by atoms with van der Waals surface area (Å²) < 4.78 is 24.2. The number of rotatable bonds is 6. The number of hydrogen-bond acceptors (Lipinski definition) is 4. The van der Waals surface area contributed by atoms with Gasteiger partial charge in [-0.15, -0.1) is 0 Å². The topological polar surface area (TPSA) is 104 Å². The van der Waals surface area contributed by atoms with Crippen molar-refractivity contribution in [3.8, 4) is 0 Å². The molecule has 1 aliphatic heterocycles. The molecule has 110 valence electrons. The zero-order valence-corrected chi connectivity index (χ0v) is 11.9. The van der Waals surface area contributed by atoms with Crippen LogP contribution in [0.3, 0.4) is 0 Å². The Bertz CT molecular complexity index is 448. The number of carboxylic acids is 1. The van der Waals surface area contributed by atoms with Gasteiger partial charge in [-0.25, -0.2) is 13.2 Å². The van der Waals surface area contributed by atoms with E-state index in [0.717, 1.165) is 10.6 Å². The minimum absolute atomic E-state index is 0.308. The molecule has 2 N–H and O–H groups in total. The fraction of sp³-hybridized carbons (Fsp3) is 0.818. The van der Waals surface area contributed by atoms with Crippen LogP contribution in [0.4, 0.5) is 0 Å². The highest BCUT2D eigenvalue weighted by molar-refractivity contribution is 7.88. The highest BCUT2D eigenvalue weighted by Crippen LogP contribution is 2.20. The molecular weight excluding hydrogens is 272 g/mol. The Kier molecular flexibility index (Phi) is 5.30. The van der Waals surface area contributed by atoms with Crippen molar-refractivity contribution >= 4 is 21.9 Å². The van der Waals surface area contributed by atoms with Gasteiger partial charge in [0.2, 0.25) is 15.9 Å². The molecule has 0 spiro atoms. The van der Waals surface area contributed by atoms with Crippen LogP contribution in [-0.2, 0) is 19.6 Å². The Morgan fingerprint density at radius 2 is 2.11 bits per heavy atom. The zero-order valence-electron chi connectivity index (χ0n) is 11.1. The largest absolute Gasteiger partial charge is 0.480 e. The Balaban J connectivity index is 2.74. The molecule has 8 heteroatoms. The van der Waals surface area contributed by atoms with E-state index in [4.69, 9.17) is 5.11 Å². The second-order valence-corrected chi connectivity index (χ2v) is 6.65. The Morgan fingerprint density at radius 1 is 1.47 bits per heavy atom. The molecule has 0 radical (unpaired) electrons. The minimum atomic E-state index is -3.44. The van der Waals surface area contributed by atoms with Gasteiger partial charge < -0.3 is 10.4 Å². The van der Waals surface area contributed by atoms with Crippen LogP contribution in [-0.4, -0.2) is 54.6 Å². The van der Waals surface area contributed by atoms with Crippen LogP contribution in [0, 0.1) is 0 Å². The quantitative estimate of drug-likeness (QED) is 0.704. The Morgan fingerprint density at radius 3 is 2.58 bits per heavy atom. The molecule has 19 heavy (non-hydrogen) atoms. The van der Waals surface area contributed by atoms with Crippen LogP contribution in [0.25, 0.3) is 0 Å². The van der Waals surface area contributed by atoms with Gasteiger partial charge in [-0.05, 0) is 19.3 Å². The molecule has 1 heterocycles. The molecule has 2 atom stereocenters. The lowest BCUT2D eigenvalue weighted by molar-refractivity contribution is -0.142. The number of carbonyl (C=O) groups is 2. The lowest BCUT2D eigenvalue weighted by Gasteiger charge is -2.23. The van der Waals surface area contributed by atoms with Gasteiger partial charge in [0.05, 0.1) is 6.26 Å². The van der Waals surface area contributed by atoms with Crippen molar-refractivity contribution in [1.29, 1.82) is 0 Å². The summed E-state index contributed by atoms with van der Waals surface area (Å²) in [6.07, 6.45) is 3.04. The third kappa shape index (κ3) is 4.17. The number of nitrogens with zero attached hydrogens (tertiary/aromatic N) is 1. The van der Waals surface area contributed by atoms with Crippen LogP contribution < -0.4 is 5.32 Å². The highest BCUT2D eigenvalue weighted by Gasteiger charge is 2.37. The summed E-state index contributed by atoms with van der Waals surface area (Å²) in [5.41, 5.74) is 0.